The highest BCUT2D eigenvalue weighted by atomic mass is 16.2. The van der Waals surface area contributed by atoms with Crippen molar-refractivity contribution in [2.45, 2.75) is 6.92 Å². The Morgan fingerprint density at radius 1 is 1.00 bits per heavy atom. The minimum atomic E-state index is -0.725. The molecule has 3 aromatic rings. The van der Waals surface area contributed by atoms with E-state index in [9.17, 15) is 14.4 Å². The molecular formula is C21H20N4O3. The predicted octanol–water partition coefficient (Wildman–Crippen LogP) is 3.61. The first-order valence-corrected chi connectivity index (χ1v) is 8.68. The van der Waals surface area contributed by atoms with Crippen molar-refractivity contribution in [3.05, 3.63) is 72.4 Å². The summed E-state index contributed by atoms with van der Waals surface area (Å²) in [4.78, 5) is 39.8. The SMILES string of the molecule is C=CCNC(=O)Nc1ccc(NC(=O)C(=O)c2c(C)[nH]c3ccccc23)cc1. The summed E-state index contributed by atoms with van der Waals surface area (Å²) in [5.74, 6) is -1.33. The van der Waals surface area contributed by atoms with Crippen molar-refractivity contribution >= 4 is 40.0 Å². The number of urea groups is 1. The molecule has 7 nitrogen and oxygen atoms in total. The molecule has 28 heavy (non-hydrogen) atoms. The minimum absolute atomic E-state index is 0.356. The molecule has 2 aromatic carbocycles. The molecule has 0 spiro atoms. The van der Waals surface area contributed by atoms with Crippen LogP contribution in [0.2, 0.25) is 0 Å². The number of Topliss-reactive ketones (excluding diaryl/α,β-unsaturated/α-hetero) is 1. The van der Waals surface area contributed by atoms with Crippen LogP contribution in [0.15, 0.2) is 61.2 Å². The number of hydrogen-bond donors (Lipinski definition) is 4. The summed E-state index contributed by atoms with van der Waals surface area (Å²) in [7, 11) is 0. The fraction of sp³-hybridized carbons (Fsp3) is 0.0952. The molecule has 3 amide bonds. The molecule has 1 aromatic heterocycles. The fourth-order valence-electron chi connectivity index (χ4n) is 2.85. The van der Waals surface area contributed by atoms with Gasteiger partial charge in [-0.25, -0.2) is 4.79 Å². The Bertz CT molecular complexity index is 1050. The van der Waals surface area contributed by atoms with E-state index >= 15 is 0 Å². The lowest BCUT2D eigenvalue weighted by atomic mass is 10.1. The van der Waals surface area contributed by atoms with Crippen molar-refractivity contribution in [3.8, 4) is 0 Å². The number of aromatic amines is 1. The second kappa shape index (κ2) is 8.22. The molecule has 0 atom stereocenters. The Balaban J connectivity index is 1.69. The van der Waals surface area contributed by atoms with Gasteiger partial charge in [-0.05, 0) is 37.3 Å². The van der Waals surface area contributed by atoms with Crippen molar-refractivity contribution < 1.29 is 14.4 Å². The zero-order valence-electron chi connectivity index (χ0n) is 15.3. The van der Waals surface area contributed by atoms with Gasteiger partial charge in [-0.15, -0.1) is 6.58 Å². The lowest BCUT2D eigenvalue weighted by Crippen LogP contribution is -2.28. The van der Waals surface area contributed by atoms with E-state index in [1.807, 2.05) is 18.2 Å². The molecule has 7 heteroatoms. The maximum Gasteiger partial charge on any atom is 0.319 e. The first kappa shape index (κ1) is 18.9. The van der Waals surface area contributed by atoms with Crippen molar-refractivity contribution in [3.63, 3.8) is 0 Å². The van der Waals surface area contributed by atoms with Gasteiger partial charge in [-0.2, -0.15) is 0 Å². The van der Waals surface area contributed by atoms with Gasteiger partial charge in [-0.3, -0.25) is 9.59 Å². The van der Waals surface area contributed by atoms with Gasteiger partial charge < -0.3 is 20.9 Å². The number of amides is 3. The van der Waals surface area contributed by atoms with Crippen molar-refractivity contribution in [1.82, 2.24) is 10.3 Å². The second-order valence-corrected chi connectivity index (χ2v) is 6.15. The van der Waals surface area contributed by atoms with Crippen LogP contribution in [0.4, 0.5) is 16.2 Å². The normalized spacial score (nSPS) is 10.3. The summed E-state index contributed by atoms with van der Waals surface area (Å²) < 4.78 is 0. The molecule has 3 rings (SSSR count). The minimum Gasteiger partial charge on any atom is -0.358 e. The van der Waals surface area contributed by atoms with E-state index < -0.39 is 11.7 Å². The highest BCUT2D eigenvalue weighted by molar-refractivity contribution is 6.48. The van der Waals surface area contributed by atoms with E-state index in [2.05, 4.69) is 27.5 Å². The average Bonchev–Trinajstić information content (AvgIpc) is 3.03. The third-order valence-electron chi connectivity index (χ3n) is 4.13. The number of nitrogens with one attached hydrogen (secondary N) is 4. The van der Waals surface area contributed by atoms with Gasteiger partial charge in [0.2, 0.25) is 0 Å². The Labute approximate surface area is 161 Å². The first-order chi connectivity index (χ1) is 13.5. The highest BCUT2D eigenvalue weighted by Crippen LogP contribution is 2.23. The molecule has 142 valence electrons. The van der Waals surface area contributed by atoms with E-state index in [1.165, 1.54) is 0 Å². The second-order valence-electron chi connectivity index (χ2n) is 6.15. The summed E-state index contributed by atoms with van der Waals surface area (Å²) in [6, 6.07) is 13.5. The maximum absolute atomic E-state index is 12.7. The summed E-state index contributed by atoms with van der Waals surface area (Å²) in [5, 5.41) is 8.55. The smallest absolute Gasteiger partial charge is 0.319 e. The molecule has 1 heterocycles. The number of rotatable bonds is 6. The number of aryl methyl sites for hydroxylation is 1. The van der Waals surface area contributed by atoms with Crippen LogP contribution in [-0.2, 0) is 4.79 Å². The molecular weight excluding hydrogens is 356 g/mol. The molecule has 0 saturated heterocycles. The molecule has 0 unspecified atom stereocenters. The topological polar surface area (TPSA) is 103 Å². The average molecular weight is 376 g/mol. The lowest BCUT2D eigenvalue weighted by Gasteiger charge is -2.08. The Hall–Kier alpha value is -3.87. The van der Waals surface area contributed by atoms with Gasteiger partial charge in [0.15, 0.2) is 0 Å². The number of carbonyl (C=O) groups excluding carboxylic acids is 3. The van der Waals surface area contributed by atoms with Gasteiger partial charge >= 0.3 is 6.03 Å². The van der Waals surface area contributed by atoms with Crippen LogP contribution in [-0.4, -0.2) is 29.3 Å². The van der Waals surface area contributed by atoms with Crippen LogP contribution in [0.25, 0.3) is 10.9 Å². The zero-order chi connectivity index (χ0) is 20.1. The van der Waals surface area contributed by atoms with Crippen LogP contribution < -0.4 is 16.0 Å². The monoisotopic (exact) mass is 376 g/mol. The standard InChI is InChI=1S/C21H20N4O3/c1-3-12-22-21(28)25-15-10-8-14(9-11-15)24-20(27)19(26)18-13(2)23-17-7-5-4-6-16(17)18/h3-11,23H,1,12H2,2H3,(H,24,27)(H2,22,25,28). The number of ketones is 1. The Morgan fingerprint density at radius 2 is 1.64 bits per heavy atom. The van der Waals surface area contributed by atoms with E-state index in [0.717, 1.165) is 5.52 Å². The van der Waals surface area contributed by atoms with Crippen LogP contribution in [0, 0.1) is 6.92 Å². The van der Waals surface area contributed by atoms with Crippen LogP contribution in [0.1, 0.15) is 16.1 Å². The van der Waals surface area contributed by atoms with Crippen LogP contribution in [0.3, 0.4) is 0 Å². The molecule has 0 radical (unpaired) electrons. The van der Waals surface area contributed by atoms with Gasteiger partial charge in [0.25, 0.3) is 11.7 Å². The number of hydrogen-bond acceptors (Lipinski definition) is 3. The number of benzene rings is 2. The van der Waals surface area contributed by atoms with Crippen molar-refractivity contribution in [1.29, 1.82) is 0 Å². The lowest BCUT2D eigenvalue weighted by molar-refractivity contribution is -0.112. The Kier molecular flexibility index (Phi) is 5.55. The predicted molar refractivity (Wildman–Crippen MR) is 110 cm³/mol. The molecule has 0 aliphatic carbocycles. The number of H-pyrrole nitrogens is 1. The molecule has 0 aliphatic rings. The number of anilines is 2. The van der Waals surface area contributed by atoms with Crippen LogP contribution >= 0.6 is 0 Å². The number of fused-ring (bicyclic) bond motifs is 1. The summed E-state index contributed by atoms with van der Waals surface area (Å²) in [5.41, 5.74) is 2.82. The zero-order valence-corrected chi connectivity index (χ0v) is 15.3. The van der Waals surface area contributed by atoms with Crippen molar-refractivity contribution in [2.75, 3.05) is 17.2 Å². The molecule has 0 bridgehead atoms. The summed E-state index contributed by atoms with van der Waals surface area (Å²) in [6.45, 7) is 5.64. The van der Waals surface area contributed by atoms with Gasteiger partial charge in [-0.1, -0.05) is 24.3 Å². The van der Waals surface area contributed by atoms with E-state index in [0.29, 0.717) is 34.6 Å². The van der Waals surface area contributed by atoms with E-state index in [1.54, 1.807) is 43.3 Å². The Morgan fingerprint density at radius 3 is 2.32 bits per heavy atom. The molecule has 0 fully saturated rings. The highest BCUT2D eigenvalue weighted by Gasteiger charge is 2.22. The number of para-hydroxylation sites is 1. The van der Waals surface area contributed by atoms with Crippen molar-refractivity contribution in [2.24, 2.45) is 0 Å². The summed E-state index contributed by atoms with van der Waals surface area (Å²) in [6.07, 6.45) is 1.57. The first-order valence-electron chi connectivity index (χ1n) is 8.68. The van der Waals surface area contributed by atoms with Gasteiger partial charge in [0.05, 0.1) is 5.56 Å². The third kappa shape index (κ3) is 4.09. The number of aromatic nitrogens is 1. The van der Waals surface area contributed by atoms with Gasteiger partial charge in [0.1, 0.15) is 0 Å². The van der Waals surface area contributed by atoms with Crippen LogP contribution in [0.5, 0.6) is 0 Å². The largest absolute Gasteiger partial charge is 0.358 e. The third-order valence-corrected chi connectivity index (χ3v) is 4.13. The fourth-order valence-corrected chi connectivity index (χ4v) is 2.85. The quantitative estimate of drug-likeness (QED) is 0.300. The maximum atomic E-state index is 12.7. The van der Waals surface area contributed by atoms with E-state index in [4.69, 9.17) is 0 Å². The summed E-state index contributed by atoms with van der Waals surface area (Å²) >= 11 is 0. The molecule has 0 aliphatic heterocycles. The van der Waals surface area contributed by atoms with E-state index in [-0.39, 0.29) is 6.03 Å². The molecule has 4 N–H and O–H groups in total. The number of carbonyl (C=O) groups is 3. The molecule has 0 saturated carbocycles. The van der Waals surface area contributed by atoms with Gasteiger partial charge in [0, 0.05) is 34.5 Å².